The summed E-state index contributed by atoms with van der Waals surface area (Å²) < 4.78 is 28.3. The van der Waals surface area contributed by atoms with Crippen molar-refractivity contribution in [3.05, 3.63) is 0 Å². The number of carbonyl (C=O) groups excluding carboxylic acids is 1. The summed E-state index contributed by atoms with van der Waals surface area (Å²) in [6.45, 7) is 5.80. The molecule has 7 nitrogen and oxygen atoms in total. The lowest BCUT2D eigenvalue weighted by atomic mass is 10.2. The lowest BCUT2D eigenvalue weighted by Gasteiger charge is -2.21. The molecule has 1 unspecified atom stereocenters. The molecule has 1 heterocycles. The van der Waals surface area contributed by atoms with E-state index in [1.54, 1.807) is 20.8 Å². The number of nitrogens with one attached hydrogen (secondary N) is 1. The monoisotopic (exact) mass is 265 g/mol. The predicted molar refractivity (Wildman–Crippen MR) is 62.5 cm³/mol. The number of hydrogen-bond donors (Lipinski definition) is 2. The highest BCUT2D eigenvalue weighted by Gasteiger charge is 2.30. The molecule has 3 N–H and O–H groups in total. The van der Waals surface area contributed by atoms with Crippen LogP contribution in [0.4, 0.5) is 4.79 Å². The highest BCUT2D eigenvalue weighted by atomic mass is 32.2. The van der Waals surface area contributed by atoms with Gasteiger partial charge in [0.05, 0.1) is 0 Å². The first kappa shape index (κ1) is 14.2. The van der Waals surface area contributed by atoms with Crippen LogP contribution in [0, 0.1) is 0 Å². The van der Waals surface area contributed by atoms with Crippen molar-refractivity contribution >= 4 is 16.3 Å². The molecule has 17 heavy (non-hydrogen) atoms. The highest BCUT2D eigenvalue weighted by Crippen LogP contribution is 2.13. The predicted octanol–water partition coefficient (Wildman–Crippen LogP) is -0.211. The molecule has 1 atom stereocenters. The van der Waals surface area contributed by atoms with Gasteiger partial charge in [0.2, 0.25) is 0 Å². The van der Waals surface area contributed by atoms with Crippen molar-refractivity contribution in [3.8, 4) is 0 Å². The van der Waals surface area contributed by atoms with E-state index in [0.29, 0.717) is 13.0 Å². The largest absolute Gasteiger partial charge is 0.444 e. The van der Waals surface area contributed by atoms with Crippen molar-refractivity contribution in [2.45, 2.75) is 38.8 Å². The van der Waals surface area contributed by atoms with E-state index in [1.807, 2.05) is 0 Å². The molecule has 1 aliphatic rings. The molecule has 0 aromatic carbocycles. The second-order valence-electron chi connectivity index (χ2n) is 5.03. The van der Waals surface area contributed by atoms with Gasteiger partial charge in [0.25, 0.3) is 10.2 Å². The van der Waals surface area contributed by atoms with E-state index >= 15 is 0 Å². The van der Waals surface area contributed by atoms with Crippen molar-refractivity contribution in [2.75, 3.05) is 13.1 Å². The van der Waals surface area contributed by atoms with E-state index in [2.05, 4.69) is 5.32 Å². The van der Waals surface area contributed by atoms with Gasteiger partial charge in [-0.25, -0.2) is 9.93 Å². The van der Waals surface area contributed by atoms with E-state index in [9.17, 15) is 13.2 Å². The summed E-state index contributed by atoms with van der Waals surface area (Å²) in [5.74, 6) is 0. The van der Waals surface area contributed by atoms with Gasteiger partial charge in [-0.2, -0.15) is 12.7 Å². The zero-order valence-electron chi connectivity index (χ0n) is 10.3. The second kappa shape index (κ2) is 4.79. The Bertz CT molecular complexity index is 388. The molecule has 0 aromatic heterocycles. The maximum atomic E-state index is 11.4. The van der Waals surface area contributed by atoms with Gasteiger partial charge in [0, 0.05) is 19.1 Å². The number of nitrogens with zero attached hydrogens (tertiary/aromatic N) is 1. The minimum Gasteiger partial charge on any atom is -0.444 e. The number of rotatable bonds is 2. The normalized spacial score (nSPS) is 22.5. The standard InChI is InChI=1S/C9H19N3O4S/c1-9(2,3)16-8(13)11-7-4-5-12(6-7)17(10,14)15/h7H,4-6H2,1-3H3,(H,11,13)(H2,10,14,15). The molecule has 0 spiro atoms. The minimum absolute atomic E-state index is 0.193. The summed E-state index contributed by atoms with van der Waals surface area (Å²) >= 11 is 0. The lowest BCUT2D eigenvalue weighted by molar-refractivity contribution is 0.0507. The molecule has 1 rings (SSSR count). The fourth-order valence-corrected chi connectivity index (χ4v) is 2.30. The van der Waals surface area contributed by atoms with Crippen molar-refractivity contribution in [1.29, 1.82) is 0 Å². The summed E-state index contributed by atoms with van der Waals surface area (Å²) in [6.07, 6.45) is -0.00543. The van der Waals surface area contributed by atoms with Crippen LogP contribution in [0.2, 0.25) is 0 Å². The third-order valence-electron chi connectivity index (χ3n) is 2.23. The number of alkyl carbamates (subject to hydrolysis) is 1. The molecule has 8 heteroatoms. The van der Waals surface area contributed by atoms with Crippen LogP contribution >= 0.6 is 0 Å². The number of carbonyl (C=O) groups is 1. The van der Waals surface area contributed by atoms with Gasteiger partial charge in [-0.15, -0.1) is 0 Å². The fourth-order valence-electron chi connectivity index (χ4n) is 1.55. The van der Waals surface area contributed by atoms with Crippen molar-refractivity contribution in [2.24, 2.45) is 5.14 Å². The highest BCUT2D eigenvalue weighted by molar-refractivity contribution is 7.86. The van der Waals surface area contributed by atoms with Gasteiger partial charge in [0.1, 0.15) is 5.60 Å². The molecule has 0 aromatic rings. The van der Waals surface area contributed by atoms with Crippen molar-refractivity contribution in [3.63, 3.8) is 0 Å². The van der Waals surface area contributed by atoms with Gasteiger partial charge in [0.15, 0.2) is 0 Å². The first-order chi connectivity index (χ1) is 7.58. The average Bonchev–Trinajstić information content (AvgIpc) is 2.47. The number of hydrogen-bond acceptors (Lipinski definition) is 4. The Morgan fingerprint density at radius 3 is 2.47 bits per heavy atom. The zero-order valence-corrected chi connectivity index (χ0v) is 11.1. The Balaban J connectivity index is 2.44. The lowest BCUT2D eigenvalue weighted by Crippen LogP contribution is -2.42. The first-order valence-corrected chi connectivity index (χ1v) is 6.85. The van der Waals surface area contributed by atoms with Gasteiger partial charge >= 0.3 is 6.09 Å². The summed E-state index contributed by atoms with van der Waals surface area (Å²) in [7, 11) is -3.67. The van der Waals surface area contributed by atoms with E-state index in [1.165, 1.54) is 0 Å². The Labute approximate surface area is 101 Å². The minimum atomic E-state index is -3.67. The smallest absolute Gasteiger partial charge is 0.407 e. The summed E-state index contributed by atoms with van der Waals surface area (Å²) in [5.41, 5.74) is -0.567. The van der Waals surface area contributed by atoms with Crippen LogP contribution in [0.3, 0.4) is 0 Å². The van der Waals surface area contributed by atoms with Crippen LogP contribution in [0.1, 0.15) is 27.2 Å². The molecule has 0 bridgehead atoms. The molecule has 100 valence electrons. The molecule has 1 aliphatic heterocycles. The summed E-state index contributed by atoms with van der Waals surface area (Å²) in [5, 5.41) is 7.60. The van der Waals surface area contributed by atoms with Crippen LogP contribution in [0.5, 0.6) is 0 Å². The SMILES string of the molecule is CC(C)(C)OC(=O)NC1CCN(S(N)(=O)=O)C1. The molecule has 0 saturated carbocycles. The Kier molecular flexibility index (Phi) is 4.00. The van der Waals surface area contributed by atoms with Crippen LogP contribution < -0.4 is 10.5 Å². The Morgan fingerprint density at radius 1 is 1.47 bits per heavy atom. The zero-order chi connectivity index (χ0) is 13.3. The quantitative estimate of drug-likeness (QED) is 0.721. The van der Waals surface area contributed by atoms with Gasteiger partial charge in [-0.05, 0) is 27.2 Å². The van der Waals surface area contributed by atoms with Crippen LogP contribution in [-0.2, 0) is 14.9 Å². The number of ether oxygens (including phenoxy) is 1. The van der Waals surface area contributed by atoms with E-state index in [-0.39, 0.29) is 12.6 Å². The fraction of sp³-hybridized carbons (Fsp3) is 0.889. The molecule has 1 fully saturated rings. The Hall–Kier alpha value is -0.860. The second-order valence-corrected chi connectivity index (χ2v) is 6.58. The third-order valence-corrected chi connectivity index (χ3v) is 3.28. The molecule has 1 saturated heterocycles. The van der Waals surface area contributed by atoms with Crippen molar-refractivity contribution in [1.82, 2.24) is 9.62 Å². The number of nitrogens with two attached hydrogens (primary N) is 1. The van der Waals surface area contributed by atoms with E-state index in [4.69, 9.17) is 9.88 Å². The number of amides is 1. The summed E-state index contributed by atoms with van der Waals surface area (Å²) in [6, 6.07) is -0.247. The Morgan fingerprint density at radius 2 is 2.06 bits per heavy atom. The van der Waals surface area contributed by atoms with Gasteiger partial charge in [-0.1, -0.05) is 0 Å². The van der Waals surface area contributed by atoms with Crippen LogP contribution in [0.15, 0.2) is 0 Å². The van der Waals surface area contributed by atoms with Crippen LogP contribution in [0.25, 0.3) is 0 Å². The molecule has 1 amide bonds. The maximum Gasteiger partial charge on any atom is 0.407 e. The first-order valence-electron chi connectivity index (χ1n) is 5.35. The van der Waals surface area contributed by atoms with Crippen molar-refractivity contribution < 1.29 is 17.9 Å². The topological polar surface area (TPSA) is 102 Å². The summed E-state index contributed by atoms with van der Waals surface area (Å²) in [4.78, 5) is 11.4. The van der Waals surface area contributed by atoms with Gasteiger partial charge in [-0.3, -0.25) is 0 Å². The third kappa shape index (κ3) is 4.88. The molecule has 0 aliphatic carbocycles. The van der Waals surface area contributed by atoms with Gasteiger partial charge < -0.3 is 10.1 Å². The molecular weight excluding hydrogens is 246 g/mol. The maximum absolute atomic E-state index is 11.4. The van der Waals surface area contributed by atoms with Crippen LogP contribution in [-0.4, -0.2) is 43.5 Å². The van der Waals surface area contributed by atoms with E-state index < -0.39 is 21.9 Å². The van der Waals surface area contributed by atoms with E-state index in [0.717, 1.165) is 4.31 Å². The molecule has 0 radical (unpaired) electrons. The molecular formula is C9H19N3O4S. The average molecular weight is 265 g/mol.